The van der Waals surface area contributed by atoms with Gasteiger partial charge in [0.25, 0.3) is 0 Å². The molecule has 0 aliphatic heterocycles. The van der Waals surface area contributed by atoms with Gasteiger partial charge < -0.3 is 10.2 Å². The molecule has 0 aromatic heterocycles. The van der Waals surface area contributed by atoms with Crippen LogP contribution in [0.5, 0.6) is 0 Å². The fraction of sp³-hybridized carbons (Fsp3) is 0.565. The maximum Gasteiger partial charge on any atom is 0.303 e. The highest BCUT2D eigenvalue weighted by Gasteiger charge is 2.32. The van der Waals surface area contributed by atoms with Crippen molar-refractivity contribution >= 4 is 11.8 Å². The number of carbonyl (C=O) groups excluding carboxylic acids is 1. The number of rotatable bonds is 12. The topological polar surface area (TPSA) is 74.6 Å². The van der Waals surface area contributed by atoms with Crippen molar-refractivity contribution in [1.29, 1.82) is 0 Å². The molecule has 1 aromatic carbocycles. The number of allylic oxidation sites excluding steroid dienone is 1. The zero-order chi connectivity index (χ0) is 19.5. The molecule has 148 valence electrons. The monoisotopic (exact) mass is 372 g/mol. The van der Waals surface area contributed by atoms with Crippen molar-refractivity contribution in [1.82, 2.24) is 0 Å². The van der Waals surface area contributed by atoms with Gasteiger partial charge in [-0.25, -0.2) is 0 Å². The quantitative estimate of drug-likeness (QED) is 0.417. The fourth-order valence-electron chi connectivity index (χ4n) is 3.86. The first-order chi connectivity index (χ1) is 13.1. The number of carboxylic acids is 1. The molecule has 2 N–H and O–H groups in total. The maximum atomic E-state index is 12.2. The predicted octanol–water partition coefficient (Wildman–Crippen LogP) is 4.56. The van der Waals surface area contributed by atoms with E-state index in [2.05, 4.69) is 18.2 Å². The lowest BCUT2D eigenvalue weighted by molar-refractivity contribution is -0.137. The van der Waals surface area contributed by atoms with Crippen LogP contribution in [0.25, 0.3) is 0 Å². The van der Waals surface area contributed by atoms with Gasteiger partial charge in [-0.2, -0.15) is 0 Å². The van der Waals surface area contributed by atoms with Crippen LogP contribution in [0, 0.1) is 11.8 Å². The number of hydrogen-bond donors (Lipinski definition) is 2. The van der Waals surface area contributed by atoms with Crippen molar-refractivity contribution in [3.05, 3.63) is 48.0 Å². The molecule has 3 unspecified atom stereocenters. The lowest BCUT2D eigenvalue weighted by Gasteiger charge is -2.15. The minimum atomic E-state index is -0.739. The molecule has 0 spiro atoms. The minimum absolute atomic E-state index is 0.0713. The summed E-state index contributed by atoms with van der Waals surface area (Å²) >= 11 is 0. The Balaban J connectivity index is 1.70. The molecule has 1 fully saturated rings. The third-order valence-electron chi connectivity index (χ3n) is 5.46. The molecule has 0 saturated heterocycles. The van der Waals surface area contributed by atoms with Crippen LogP contribution in [0.15, 0.2) is 42.5 Å². The Morgan fingerprint density at radius 2 is 1.89 bits per heavy atom. The average Bonchev–Trinajstić information content (AvgIpc) is 3.01. The molecule has 0 bridgehead atoms. The van der Waals surface area contributed by atoms with Crippen LogP contribution >= 0.6 is 0 Å². The largest absolute Gasteiger partial charge is 0.481 e. The Morgan fingerprint density at radius 3 is 2.63 bits per heavy atom. The summed E-state index contributed by atoms with van der Waals surface area (Å²) in [6, 6.07) is 10.1. The van der Waals surface area contributed by atoms with Crippen LogP contribution in [-0.2, 0) is 16.0 Å². The van der Waals surface area contributed by atoms with E-state index in [9.17, 15) is 14.7 Å². The van der Waals surface area contributed by atoms with Crippen LogP contribution in [0.2, 0.25) is 0 Å². The summed E-state index contributed by atoms with van der Waals surface area (Å²) in [5.74, 6) is -0.0871. The van der Waals surface area contributed by atoms with Crippen molar-refractivity contribution < 1.29 is 19.8 Å². The van der Waals surface area contributed by atoms with Crippen molar-refractivity contribution in [2.24, 2.45) is 11.8 Å². The molecule has 3 atom stereocenters. The number of Topliss-reactive ketones (excluding diaryl/α,β-unsaturated/α-hetero) is 1. The standard InChI is InChI=1S/C23H32O4/c24-20(15-12-18-8-4-3-5-9-18)16-13-19-14-17-22(25)21(19)10-6-1-2-7-11-23(26)27/h3-5,8-9,13,16,19-21,24H,1-2,6-7,10-12,14-15,17H2,(H,26,27). The number of hydrogen-bond acceptors (Lipinski definition) is 3. The number of aliphatic hydroxyl groups is 1. The van der Waals surface area contributed by atoms with E-state index in [1.165, 1.54) is 5.56 Å². The molecule has 1 aromatic rings. The Bertz CT molecular complexity index is 608. The molecular weight excluding hydrogens is 340 g/mol. The first kappa shape index (κ1) is 21.4. The average molecular weight is 373 g/mol. The molecule has 0 amide bonds. The lowest BCUT2D eigenvalue weighted by Crippen LogP contribution is -2.14. The molecule has 27 heavy (non-hydrogen) atoms. The van der Waals surface area contributed by atoms with Gasteiger partial charge in [-0.15, -0.1) is 0 Å². The van der Waals surface area contributed by atoms with E-state index in [1.807, 2.05) is 24.3 Å². The molecule has 4 nitrogen and oxygen atoms in total. The van der Waals surface area contributed by atoms with Crippen LogP contribution in [0.3, 0.4) is 0 Å². The van der Waals surface area contributed by atoms with Crippen molar-refractivity contribution in [3.63, 3.8) is 0 Å². The molecular formula is C23H32O4. The minimum Gasteiger partial charge on any atom is -0.481 e. The highest BCUT2D eigenvalue weighted by Crippen LogP contribution is 2.34. The number of aryl methyl sites for hydroxylation is 1. The molecule has 1 aliphatic carbocycles. The molecule has 2 rings (SSSR count). The summed E-state index contributed by atoms with van der Waals surface area (Å²) in [5, 5.41) is 18.9. The Kier molecular flexibility index (Phi) is 9.26. The number of ketones is 1. The summed E-state index contributed by atoms with van der Waals surface area (Å²) in [7, 11) is 0. The molecule has 0 radical (unpaired) electrons. The molecule has 1 aliphatic rings. The zero-order valence-corrected chi connectivity index (χ0v) is 16.1. The first-order valence-electron chi connectivity index (χ1n) is 10.2. The summed E-state index contributed by atoms with van der Waals surface area (Å²) < 4.78 is 0. The van der Waals surface area contributed by atoms with Gasteiger partial charge in [-0.3, -0.25) is 9.59 Å². The van der Waals surface area contributed by atoms with E-state index in [0.717, 1.165) is 38.5 Å². The van der Waals surface area contributed by atoms with Gasteiger partial charge in [0.15, 0.2) is 0 Å². The van der Waals surface area contributed by atoms with E-state index in [-0.39, 0.29) is 18.3 Å². The number of unbranched alkanes of at least 4 members (excludes halogenated alkanes) is 3. The number of aliphatic carboxylic acids is 1. The Morgan fingerprint density at radius 1 is 1.15 bits per heavy atom. The second-order valence-electron chi connectivity index (χ2n) is 7.60. The Hall–Kier alpha value is -1.94. The van der Waals surface area contributed by atoms with E-state index < -0.39 is 12.1 Å². The van der Waals surface area contributed by atoms with Gasteiger partial charge >= 0.3 is 5.97 Å². The fourth-order valence-corrected chi connectivity index (χ4v) is 3.86. The van der Waals surface area contributed by atoms with Crippen LogP contribution < -0.4 is 0 Å². The highest BCUT2D eigenvalue weighted by molar-refractivity contribution is 5.83. The van der Waals surface area contributed by atoms with Gasteiger partial charge in [0.2, 0.25) is 0 Å². The summed E-state index contributed by atoms with van der Waals surface area (Å²) in [6.45, 7) is 0. The Labute approximate surface area is 162 Å². The van der Waals surface area contributed by atoms with Crippen molar-refractivity contribution in [2.75, 3.05) is 0 Å². The van der Waals surface area contributed by atoms with Crippen LogP contribution in [0.4, 0.5) is 0 Å². The summed E-state index contributed by atoms with van der Waals surface area (Å²) in [4.78, 5) is 22.7. The molecule has 1 saturated carbocycles. The van der Waals surface area contributed by atoms with Crippen LogP contribution in [-0.4, -0.2) is 28.1 Å². The second kappa shape index (κ2) is 11.7. The second-order valence-corrected chi connectivity index (χ2v) is 7.60. The van der Waals surface area contributed by atoms with Crippen molar-refractivity contribution in [3.8, 4) is 0 Å². The maximum absolute atomic E-state index is 12.2. The first-order valence-corrected chi connectivity index (χ1v) is 10.2. The zero-order valence-electron chi connectivity index (χ0n) is 16.1. The van der Waals surface area contributed by atoms with Gasteiger partial charge in [0, 0.05) is 18.8 Å². The molecule has 4 heteroatoms. The number of benzene rings is 1. The third-order valence-corrected chi connectivity index (χ3v) is 5.46. The third kappa shape index (κ3) is 8.08. The normalized spacial score (nSPS) is 21.0. The predicted molar refractivity (Wildman–Crippen MR) is 106 cm³/mol. The summed E-state index contributed by atoms with van der Waals surface area (Å²) in [6.07, 6.45) is 11.2. The SMILES string of the molecule is O=C(O)CCCCCCC1C(=O)CCC1C=CC(O)CCc1ccccc1. The van der Waals surface area contributed by atoms with E-state index in [0.29, 0.717) is 25.0 Å². The number of carboxylic acid groups (broad SMARTS) is 1. The smallest absolute Gasteiger partial charge is 0.303 e. The lowest BCUT2D eigenvalue weighted by atomic mass is 9.89. The van der Waals surface area contributed by atoms with Gasteiger partial charge in [0.1, 0.15) is 5.78 Å². The molecule has 0 heterocycles. The highest BCUT2D eigenvalue weighted by atomic mass is 16.4. The van der Waals surface area contributed by atoms with Crippen molar-refractivity contribution in [2.45, 2.75) is 70.3 Å². The number of carbonyl (C=O) groups is 2. The van der Waals surface area contributed by atoms with E-state index in [1.54, 1.807) is 0 Å². The van der Waals surface area contributed by atoms with Gasteiger partial charge in [-0.05, 0) is 43.6 Å². The van der Waals surface area contributed by atoms with Gasteiger partial charge in [-0.1, -0.05) is 61.7 Å². The van der Waals surface area contributed by atoms with Crippen LogP contribution in [0.1, 0.15) is 63.4 Å². The van der Waals surface area contributed by atoms with E-state index in [4.69, 9.17) is 5.11 Å². The van der Waals surface area contributed by atoms with Gasteiger partial charge in [0.05, 0.1) is 6.10 Å². The van der Waals surface area contributed by atoms with E-state index >= 15 is 0 Å². The number of aliphatic hydroxyl groups excluding tert-OH is 1. The summed E-state index contributed by atoms with van der Waals surface area (Å²) in [5.41, 5.74) is 1.22.